The van der Waals surface area contributed by atoms with Crippen LogP contribution in [-0.2, 0) is 4.74 Å². The lowest BCUT2D eigenvalue weighted by molar-refractivity contribution is 0.0199. The van der Waals surface area contributed by atoms with Gasteiger partial charge in [-0.2, -0.15) is 0 Å². The molecule has 0 aliphatic carbocycles. The topological polar surface area (TPSA) is 12.5 Å². The van der Waals surface area contributed by atoms with Crippen molar-refractivity contribution < 1.29 is 4.74 Å². The Hall–Kier alpha value is -0.0800. The summed E-state index contributed by atoms with van der Waals surface area (Å²) in [5.41, 5.74) is 0. The van der Waals surface area contributed by atoms with Crippen molar-refractivity contribution in [2.45, 2.75) is 45.8 Å². The summed E-state index contributed by atoms with van der Waals surface area (Å²) in [7, 11) is 1.80. The Bertz CT molecular complexity index is 141. The monoisotopic (exact) mass is 185 g/mol. The molecule has 0 aromatic carbocycles. The molecule has 78 valence electrons. The predicted molar refractivity (Wildman–Crippen MR) is 55.9 cm³/mol. The molecule has 0 aromatic heterocycles. The standard InChI is InChI=1S/C11H23NO/c1-9-5-7-12(8-6-9)10(2)11(3)13-4/h9-11H,5-8H2,1-4H3. The highest BCUT2D eigenvalue weighted by atomic mass is 16.5. The van der Waals surface area contributed by atoms with Gasteiger partial charge in [0.1, 0.15) is 0 Å². The van der Waals surface area contributed by atoms with E-state index in [1.54, 1.807) is 7.11 Å². The summed E-state index contributed by atoms with van der Waals surface area (Å²) in [4.78, 5) is 2.55. The minimum Gasteiger partial charge on any atom is -0.380 e. The Morgan fingerprint density at radius 3 is 2.23 bits per heavy atom. The van der Waals surface area contributed by atoms with Crippen LogP contribution in [0.25, 0.3) is 0 Å². The molecular weight excluding hydrogens is 162 g/mol. The van der Waals surface area contributed by atoms with Gasteiger partial charge in [0, 0.05) is 13.2 Å². The van der Waals surface area contributed by atoms with E-state index in [1.807, 2.05) is 0 Å². The zero-order chi connectivity index (χ0) is 9.84. The third-order valence-electron chi connectivity index (χ3n) is 3.45. The molecule has 2 atom stereocenters. The molecule has 0 saturated carbocycles. The Labute approximate surface area is 82.3 Å². The highest BCUT2D eigenvalue weighted by Crippen LogP contribution is 2.19. The summed E-state index contributed by atoms with van der Waals surface area (Å²) in [6.07, 6.45) is 3.05. The summed E-state index contributed by atoms with van der Waals surface area (Å²) in [5, 5.41) is 0. The summed E-state index contributed by atoms with van der Waals surface area (Å²) in [5.74, 6) is 0.918. The number of methoxy groups -OCH3 is 1. The van der Waals surface area contributed by atoms with Crippen molar-refractivity contribution in [3.8, 4) is 0 Å². The van der Waals surface area contributed by atoms with Crippen LogP contribution in [0.2, 0.25) is 0 Å². The number of hydrogen-bond donors (Lipinski definition) is 0. The molecule has 1 aliphatic heterocycles. The first-order valence-electron chi connectivity index (χ1n) is 5.42. The van der Waals surface area contributed by atoms with E-state index in [0.29, 0.717) is 12.1 Å². The molecule has 2 heteroatoms. The maximum atomic E-state index is 5.35. The molecular formula is C11H23NO. The number of nitrogens with zero attached hydrogens (tertiary/aromatic N) is 1. The van der Waals surface area contributed by atoms with Crippen LogP contribution in [0.5, 0.6) is 0 Å². The average Bonchev–Trinajstić information content (AvgIpc) is 2.17. The van der Waals surface area contributed by atoms with Gasteiger partial charge in [-0.3, -0.25) is 4.90 Å². The van der Waals surface area contributed by atoms with Gasteiger partial charge < -0.3 is 4.74 Å². The van der Waals surface area contributed by atoms with Gasteiger partial charge >= 0.3 is 0 Å². The van der Waals surface area contributed by atoms with Gasteiger partial charge in [0.2, 0.25) is 0 Å². The molecule has 1 fully saturated rings. The van der Waals surface area contributed by atoms with Crippen molar-refractivity contribution in [1.29, 1.82) is 0 Å². The number of likely N-dealkylation sites (tertiary alicyclic amines) is 1. The van der Waals surface area contributed by atoms with Crippen molar-refractivity contribution in [2.24, 2.45) is 5.92 Å². The van der Waals surface area contributed by atoms with Gasteiger partial charge in [-0.25, -0.2) is 0 Å². The summed E-state index contributed by atoms with van der Waals surface area (Å²) in [6.45, 7) is 9.26. The first-order valence-corrected chi connectivity index (χ1v) is 5.42. The summed E-state index contributed by atoms with van der Waals surface area (Å²) in [6, 6.07) is 0.567. The maximum absolute atomic E-state index is 5.35. The van der Waals surface area contributed by atoms with Crippen LogP contribution in [0.4, 0.5) is 0 Å². The van der Waals surface area contributed by atoms with Crippen LogP contribution >= 0.6 is 0 Å². The zero-order valence-electron chi connectivity index (χ0n) is 9.42. The fourth-order valence-corrected chi connectivity index (χ4v) is 1.93. The minimum absolute atomic E-state index is 0.355. The highest BCUT2D eigenvalue weighted by molar-refractivity contribution is 4.77. The van der Waals surface area contributed by atoms with Gasteiger partial charge in [-0.05, 0) is 45.7 Å². The van der Waals surface area contributed by atoms with E-state index in [4.69, 9.17) is 4.74 Å². The minimum atomic E-state index is 0.355. The van der Waals surface area contributed by atoms with Crippen LogP contribution in [0.15, 0.2) is 0 Å². The molecule has 0 radical (unpaired) electrons. The lowest BCUT2D eigenvalue weighted by atomic mass is 9.97. The molecule has 0 aromatic rings. The number of hydrogen-bond acceptors (Lipinski definition) is 2. The fraction of sp³-hybridized carbons (Fsp3) is 1.00. The number of piperidine rings is 1. The van der Waals surface area contributed by atoms with Crippen molar-refractivity contribution >= 4 is 0 Å². The predicted octanol–water partition coefficient (Wildman–Crippen LogP) is 2.14. The third kappa shape index (κ3) is 2.96. The molecule has 1 rings (SSSR count). The van der Waals surface area contributed by atoms with Crippen molar-refractivity contribution in [2.75, 3.05) is 20.2 Å². The van der Waals surface area contributed by atoms with Crippen LogP contribution in [0.3, 0.4) is 0 Å². The Morgan fingerprint density at radius 2 is 1.77 bits per heavy atom. The van der Waals surface area contributed by atoms with E-state index in [-0.39, 0.29) is 0 Å². The van der Waals surface area contributed by atoms with E-state index in [2.05, 4.69) is 25.7 Å². The highest BCUT2D eigenvalue weighted by Gasteiger charge is 2.23. The average molecular weight is 185 g/mol. The van der Waals surface area contributed by atoms with Gasteiger partial charge in [0.25, 0.3) is 0 Å². The zero-order valence-corrected chi connectivity index (χ0v) is 9.42. The van der Waals surface area contributed by atoms with Gasteiger partial charge in [-0.15, -0.1) is 0 Å². The maximum Gasteiger partial charge on any atom is 0.0695 e. The molecule has 1 heterocycles. The van der Waals surface area contributed by atoms with Gasteiger partial charge in [0.05, 0.1) is 6.10 Å². The number of ether oxygens (including phenoxy) is 1. The lowest BCUT2D eigenvalue weighted by Crippen LogP contribution is -2.45. The quantitative estimate of drug-likeness (QED) is 0.668. The molecule has 0 amide bonds. The Kier molecular flexibility index (Phi) is 4.20. The second-order valence-corrected chi connectivity index (χ2v) is 4.40. The molecule has 0 N–H and O–H groups in total. The van der Waals surface area contributed by atoms with E-state index in [9.17, 15) is 0 Å². The first kappa shape index (κ1) is 11.0. The van der Waals surface area contributed by atoms with Crippen LogP contribution in [0.1, 0.15) is 33.6 Å². The summed E-state index contributed by atoms with van der Waals surface area (Å²) < 4.78 is 5.35. The first-order chi connectivity index (χ1) is 6.15. The van der Waals surface area contributed by atoms with E-state index < -0.39 is 0 Å². The Morgan fingerprint density at radius 1 is 1.23 bits per heavy atom. The second-order valence-electron chi connectivity index (χ2n) is 4.40. The molecule has 13 heavy (non-hydrogen) atoms. The second kappa shape index (κ2) is 4.97. The molecule has 1 saturated heterocycles. The van der Waals surface area contributed by atoms with Crippen LogP contribution < -0.4 is 0 Å². The van der Waals surface area contributed by atoms with Gasteiger partial charge in [0.15, 0.2) is 0 Å². The summed E-state index contributed by atoms with van der Waals surface area (Å²) >= 11 is 0. The van der Waals surface area contributed by atoms with Crippen molar-refractivity contribution in [3.63, 3.8) is 0 Å². The normalized spacial score (nSPS) is 25.8. The molecule has 0 spiro atoms. The SMILES string of the molecule is COC(C)C(C)N1CCC(C)CC1. The Balaban J connectivity index is 2.35. The third-order valence-corrected chi connectivity index (χ3v) is 3.45. The van der Waals surface area contributed by atoms with Crippen LogP contribution in [0, 0.1) is 5.92 Å². The van der Waals surface area contributed by atoms with Gasteiger partial charge in [-0.1, -0.05) is 6.92 Å². The fourth-order valence-electron chi connectivity index (χ4n) is 1.93. The van der Waals surface area contributed by atoms with E-state index in [1.165, 1.54) is 25.9 Å². The van der Waals surface area contributed by atoms with E-state index >= 15 is 0 Å². The largest absolute Gasteiger partial charge is 0.380 e. The molecule has 2 unspecified atom stereocenters. The molecule has 1 aliphatic rings. The van der Waals surface area contributed by atoms with E-state index in [0.717, 1.165) is 5.92 Å². The lowest BCUT2D eigenvalue weighted by Gasteiger charge is -2.37. The van der Waals surface area contributed by atoms with Crippen molar-refractivity contribution in [1.82, 2.24) is 4.90 Å². The smallest absolute Gasteiger partial charge is 0.0695 e. The van der Waals surface area contributed by atoms with Crippen LogP contribution in [-0.4, -0.2) is 37.2 Å². The van der Waals surface area contributed by atoms with Crippen molar-refractivity contribution in [3.05, 3.63) is 0 Å². The number of rotatable bonds is 3. The molecule has 0 bridgehead atoms. The molecule has 2 nitrogen and oxygen atoms in total.